The van der Waals surface area contributed by atoms with Gasteiger partial charge < -0.3 is 14.8 Å². The van der Waals surface area contributed by atoms with Crippen molar-refractivity contribution in [3.63, 3.8) is 0 Å². The van der Waals surface area contributed by atoms with Gasteiger partial charge in [0.1, 0.15) is 10.3 Å². The Kier molecular flexibility index (Phi) is 3.44. The molecule has 5 nitrogen and oxygen atoms in total. The largest absolute Gasteiger partial charge is 0.492 e. The molecule has 0 aliphatic heterocycles. The normalized spacial score (nSPS) is 10.3. The van der Waals surface area contributed by atoms with Crippen molar-refractivity contribution in [2.75, 3.05) is 13.7 Å². The van der Waals surface area contributed by atoms with Crippen LogP contribution in [0.25, 0.3) is 0 Å². The van der Waals surface area contributed by atoms with Crippen LogP contribution in [0.4, 0.5) is 0 Å². The molecule has 13 heavy (non-hydrogen) atoms. The fourth-order valence-electron chi connectivity index (χ4n) is 0.809. The van der Waals surface area contributed by atoms with Crippen molar-refractivity contribution in [2.24, 2.45) is 0 Å². The van der Waals surface area contributed by atoms with E-state index >= 15 is 0 Å². The van der Waals surface area contributed by atoms with Crippen LogP contribution in [0.5, 0.6) is 5.88 Å². The van der Waals surface area contributed by atoms with Crippen molar-refractivity contribution in [1.82, 2.24) is 9.97 Å². The van der Waals surface area contributed by atoms with Gasteiger partial charge in [-0.1, -0.05) is 0 Å². The van der Waals surface area contributed by atoms with Crippen molar-refractivity contribution in [1.29, 1.82) is 0 Å². The van der Waals surface area contributed by atoms with E-state index in [-0.39, 0.29) is 10.4 Å². The molecule has 1 rings (SSSR count). The molecule has 0 aliphatic carbocycles. The lowest BCUT2D eigenvalue weighted by Gasteiger charge is -2.00. The van der Waals surface area contributed by atoms with E-state index in [1.165, 1.54) is 0 Å². The van der Waals surface area contributed by atoms with E-state index in [9.17, 15) is 4.79 Å². The van der Waals surface area contributed by atoms with Gasteiger partial charge in [-0.2, -0.15) is 4.98 Å². The quantitative estimate of drug-likeness (QED) is 0.814. The molecule has 0 saturated carbocycles. The van der Waals surface area contributed by atoms with E-state index in [1.807, 2.05) is 0 Å². The van der Waals surface area contributed by atoms with E-state index in [0.717, 1.165) is 0 Å². The predicted octanol–water partition coefficient (Wildman–Crippen LogP) is 0.427. The SMILES string of the molecule is COCCc1nc(O)c(Br)c(=O)[nH]1. The van der Waals surface area contributed by atoms with Gasteiger partial charge in [0.2, 0.25) is 5.88 Å². The molecule has 0 unspecified atom stereocenters. The Morgan fingerprint density at radius 3 is 2.92 bits per heavy atom. The summed E-state index contributed by atoms with van der Waals surface area (Å²) in [6.07, 6.45) is 0.465. The van der Waals surface area contributed by atoms with Crippen LogP contribution in [-0.4, -0.2) is 28.8 Å². The fraction of sp³-hybridized carbons (Fsp3) is 0.429. The minimum atomic E-state index is -0.390. The summed E-state index contributed by atoms with van der Waals surface area (Å²) in [7, 11) is 1.55. The number of rotatable bonds is 3. The van der Waals surface area contributed by atoms with E-state index in [0.29, 0.717) is 18.9 Å². The minimum absolute atomic E-state index is 0.0497. The number of aromatic hydroxyl groups is 1. The molecule has 1 heterocycles. The average molecular weight is 249 g/mol. The molecule has 0 aliphatic rings. The summed E-state index contributed by atoms with van der Waals surface area (Å²) in [5, 5.41) is 9.16. The zero-order chi connectivity index (χ0) is 9.84. The summed E-state index contributed by atoms with van der Waals surface area (Å²) in [6.45, 7) is 0.448. The van der Waals surface area contributed by atoms with Gasteiger partial charge in [0.15, 0.2) is 0 Å². The predicted molar refractivity (Wildman–Crippen MR) is 49.8 cm³/mol. The van der Waals surface area contributed by atoms with Crippen molar-refractivity contribution >= 4 is 15.9 Å². The van der Waals surface area contributed by atoms with Crippen LogP contribution in [0, 0.1) is 0 Å². The highest BCUT2D eigenvalue weighted by atomic mass is 79.9. The van der Waals surface area contributed by atoms with Crippen molar-refractivity contribution in [3.05, 3.63) is 20.7 Å². The third kappa shape index (κ3) is 2.53. The molecule has 0 radical (unpaired) electrons. The number of hydrogen-bond acceptors (Lipinski definition) is 4. The van der Waals surface area contributed by atoms with Crippen molar-refractivity contribution < 1.29 is 9.84 Å². The third-order valence-electron chi connectivity index (χ3n) is 1.44. The van der Waals surface area contributed by atoms with Crippen LogP contribution in [0.2, 0.25) is 0 Å². The molecule has 6 heteroatoms. The van der Waals surface area contributed by atoms with E-state index in [2.05, 4.69) is 25.9 Å². The fourth-order valence-corrected chi connectivity index (χ4v) is 0.997. The van der Waals surface area contributed by atoms with Crippen molar-refractivity contribution in [2.45, 2.75) is 6.42 Å². The van der Waals surface area contributed by atoms with Crippen LogP contribution in [-0.2, 0) is 11.2 Å². The molecule has 0 fully saturated rings. The topological polar surface area (TPSA) is 75.2 Å². The Morgan fingerprint density at radius 1 is 1.69 bits per heavy atom. The molecule has 0 spiro atoms. The van der Waals surface area contributed by atoms with Crippen LogP contribution < -0.4 is 5.56 Å². The van der Waals surface area contributed by atoms with Crippen molar-refractivity contribution in [3.8, 4) is 5.88 Å². The number of aromatic amines is 1. The first-order valence-corrected chi connectivity index (χ1v) is 4.41. The Labute approximate surface area is 82.9 Å². The molecule has 0 aromatic carbocycles. The number of nitrogens with zero attached hydrogens (tertiary/aromatic N) is 1. The molecule has 1 aromatic heterocycles. The Morgan fingerprint density at radius 2 is 2.38 bits per heavy atom. The van der Waals surface area contributed by atoms with Gasteiger partial charge in [-0.15, -0.1) is 0 Å². The number of halogens is 1. The van der Waals surface area contributed by atoms with Crippen LogP contribution in [0.15, 0.2) is 9.27 Å². The summed E-state index contributed by atoms with van der Waals surface area (Å²) < 4.78 is 4.85. The number of ether oxygens (including phenoxy) is 1. The molecule has 1 aromatic rings. The van der Waals surface area contributed by atoms with Crippen LogP contribution in [0.1, 0.15) is 5.82 Å². The number of nitrogens with one attached hydrogen (secondary N) is 1. The zero-order valence-corrected chi connectivity index (χ0v) is 8.59. The number of aromatic nitrogens is 2. The average Bonchev–Trinajstić information content (AvgIpc) is 2.10. The Balaban J connectivity index is 2.93. The molecule has 72 valence electrons. The number of H-pyrrole nitrogens is 1. The Hall–Kier alpha value is -0.880. The summed E-state index contributed by atoms with van der Waals surface area (Å²) in [4.78, 5) is 17.3. The van der Waals surface area contributed by atoms with E-state index in [4.69, 9.17) is 9.84 Å². The van der Waals surface area contributed by atoms with Gasteiger partial charge in [0.25, 0.3) is 5.56 Å². The first kappa shape index (κ1) is 10.2. The van der Waals surface area contributed by atoms with E-state index < -0.39 is 5.56 Å². The van der Waals surface area contributed by atoms with Gasteiger partial charge in [0, 0.05) is 13.5 Å². The van der Waals surface area contributed by atoms with Gasteiger partial charge >= 0.3 is 0 Å². The lowest BCUT2D eigenvalue weighted by molar-refractivity contribution is 0.200. The number of hydrogen-bond donors (Lipinski definition) is 2. The molecule has 0 amide bonds. The summed E-state index contributed by atoms with van der Waals surface area (Å²) in [6, 6.07) is 0. The summed E-state index contributed by atoms with van der Waals surface area (Å²) in [5.74, 6) is 0.113. The van der Waals surface area contributed by atoms with Gasteiger partial charge in [-0.3, -0.25) is 4.79 Å². The zero-order valence-electron chi connectivity index (χ0n) is 7.00. The second-order valence-electron chi connectivity index (χ2n) is 2.39. The first-order chi connectivity index (χ1) is 6.15. The molecular weight excluding hydrogens is 240 g/mol. The highest BCUT2D eigenvalue weighted by Gasteiger charge is 2.06. The summed E-state index contributed by atoms with van der Waals surface area (Å²) >= 11 is 2.89. The molecule has 0 saturated heterocycles. The molecule has 2 N–H and O–H groups in total. The van der Waals surface area contributed by atoms with Crippen LogP contribution >= 0.6 is 15.9 Å². The second-order valence-corrected chi connectivity index (χ2v) is 3.19. The second kappa shape index (κ2) is 4.38. The lowest BCUT2D eigenvalue weighted by atomic mass is 10.4. The molecule has 0 bridgehead atoms. The van der Waals surface area contributed by atoms with Gasteiger partial charge in [-0.25, -0.2) is 0 Å². The lowest BCUT2D eigenvalue weighted by Crippen LogP contribution is -2.13. The third-order valence-corrected chi connectivity index (χ3v) is 2.15. The number of methoxy groups -OCH3 is 1. The Bertz CT molecular complexity index is 350. The first-order valence-electron chi connectivity index (χ1n) is 3.61. The molecular formula is C7H9BrN2O3. The maximum atomic E-state index is 11.1. The summed E-state index contributed by atoms with van der Waals surface area (Å²) in [5.41, 5.74) is -0.390. The van der Waals surface area contributed by atoms with Crippen LogP contribution in [0.3, 0.4) is 0 Å². The van der Waals surface area contributed by atoms with Gasteiger partial charge in [0.05, 0.1) is 6.61 Å². The highest BCUT2D eigenvalue weighted by Crippen LogP contribution is 2.14. The highest BCUT2D eigenvalue weighted by molar-refractivity contribution is 9.10. The maximum absolute atomic E-state index is 11.1. The maximum Gasteiger partial charge on any atom is 0.269 e. The molecule has 0 atom stereocenters. The van der Waals surface area contributed by atoms with E-state index in [1.54, 1.807) is 7.11 Å². The van der Waals surface area contributed by atoms with Gasteiger partial charge in [-0.05, 0) is 15.9 Å². The minimum Gasteiger partial charge on any atom is -0.492 e. The smallest absolute Gasteiger partial charge is 0.269 e. The monoisotopic (exact) mass is 248 g/mol. The standard InChI is InChI=1S/C7H9BrN2O3/c1-13-3-2-4-9-6(11)5(8)7(12)10-4/h2-3H2,1H3,(H2,9,10,11,12).